The highest BCUT2D eigenvalue weighted by Gasteiger charge is 2.52. The monoisotopic (exact) mass is 434 g/mol. The molecule has 1 saturated heterocycles. The Labute approximate surface area is 176 Å². The van der Waals surface area contributed by atoms with Gasteiger partial charge in [0, 0.05) is 39.1 Å². The molecule has 1 saturated carbocycles. The van der Waals surface area contributed by atoms with Crippen LogP contribution in [0.5, 0.6) is 0 Å². The van der Waals surface area contributed by atoms with E-state index in [0.29, 0.717) is 54.4 Å². The number of nitrogens with two attached hydrogens (primary N) is 1. The Kier molecular flexibility index (Phi) is 5.46. The van der Waals surface area contributed by atoms with Gasteiger partial charge in [0.15, 0.2) is 5.13 Å². The summed E-state index contributed by atoms with van der Waals surface area (Å²) in [5.74, 6) is -0.710. The Bertz CT molecular complexity index is 992. The highest BCUT2D eigenvalue weighted by atomic mass is 32.1. The van der Waals surface area contributed by atoms with E-state index in [0.717, 1.165) is 0 Å². The van der Waals surface area contributed by atoms with Crippen LogP contribution in [0.15, 0.2) is 18.2 Å². The predicted octanol–water partition coefficient (Wildman–Crippen LogP) is 0.791. The highest BCUT2D eigenvalue weighted by Crippen LogP contribution is 2.37. The summed E-state index contributed by atoms with van der Waals surface area (Å²) in [5, 5.41) is 6.02. The lowest BCUT2D eigenvalue weighted by atomic mass is 10.2. The van der Waals surface area contributed by atoms with Crippen LogP contribution in [0.2, 0.25) is 0 Å². The number of fused-ring (bicyclic) bond motifs is 1. The summed E-state index contributed by atoms with van der Waals surface area (Å²) in [6.07, 6.45) is 1.24. The second kappa shape index (κ2) is 8.05. The van der Waals surface area contributed by atoms with E-state index in [1.54, 1.807) is 17.0 Å². The van der Waals surface area contributed by atoms with E-state index < -0.39 is 11.6 Å². The summed E-state index contributed by atoms with van der Waals surface area (Å²) >= 11 is 1.25. The topological polar surface area (TPSA) is 121 Å². The Morgan fingerprint density at radius 1 is 1.23 bits per heavy atom. The van der Waals surface area contributed by atoms with E-state index in [1.807, 2.05) is 4.90 Å². The quantitative estimate of drug-likeness (QED) is 0.660. The zero-order chi connectivity index (χ0) is 21.3. The van der Waals surface area contributed by atoms with Crippen LogP contribution in [0.25, 0.3) is 10.2 Å². The number of rotatable bonds is 3. The molecule has 0 atom stereocenters. The average molecular weight is 434 g/mol. The first-order valence-electron chi connectivity index (χ1n) is 9.82. The van der Waals surface area contributed by atoms with E-state index >= 15 is 0 Å². The summed E-state index contributed by atoms with van der Waals surface area (Å²) in [5.41, 5.74) is 4.84. The zero-order valence-electron chi connectivity index (χ0n) is 16.3. The number of carbonyl (C=O) groups is 3. The number of hydrogen-bond acceptors (Lipinski definition) is 6. The van der Waals surface area contributed by atoms with Gasteiger partial charge >= 0.3 is 6.03 Å². The van der Waals surface area contributed by atoms with Crippen LogP contribution in [0.1, 0.15) is 19.3 Å². The number of amides is 4. The van der Waals surface area contributed by atoms with E-state index in [9.17, 15) is 18.8 Å². The van der Waals surface area contributed by atoms with Gasteiger partial charge in [-0.25, -0.2) is 14.2 Å². The minimum absolute atomic E-state index is 0.155. The number of anilines is 1. The first kappa shape index (κ1) is 20.3. The molecule has 0 bridgehead atoms. The van der Waals surface area contributed by atoms with E-state index in [-0.39, 0.29) is 30.6 Å². The molecular weight excluding hydrogens is 411 g/mol. The van der Waals surface area contributed by atoms with Crippen LogP contribution in [-0.2, 0) is 9.59 Å². The summed E-state index contributed by atoms with van der Waals surface area (Å²) in [6, 6.07) is 4.03. The maximum absolute atomic E-state index is 14.1. The fourth-order valence-corrected chi connectivity index (χ4v) is 4.63. The number of carbonyl (C=O) groups excluding carboxylic acids is 3. The first-order valence-corrected chi connectivity index (χ1v) is 10.6. The Morgan fingerprint density at radius 3 is 2.73 bits per heavy atom. The number of primary amides is 1. The van der Waals surface area contributed by atoms with Gasteiger partial charge in [-0.05, 0) is 25.0 Å². The van der Waals surface area contributed by atoms with Gasteiger partial charge in [-0.3, -0.25) is 9.59 Å². The summed E-state index contributed by atoms with van der Waals surface area (Å²) in [4.78, 5) is 44.5. The van der Waals surface area contributed by atoms with Gasteiger partial charge < -0.3 is 26.2 Å². The van der Waals surface area contributed by atoms with Crippen molar-refractivity contribution < 1.29 is 18.8 Å². The van der Waals surface area contributed by atoms with Crippen molar-refractivity contribution in [2.75, 3.05) is 37.6 Å². The number of hydrogen-bond donors (Lipinski definition) is 3. The smallest absolute Gasteiger partial charge is 0.313 e. The molecule has 1 aliphatic heterocycles. The molecule has 4 N–H and O–H groups in total. The van der Waals surface area contributed by atoms with Crippen molar-refractivity contribution in [2.24, 2.45) is 5.73 Å². The fourth-order valence-electron chi connectivity index (χ4n) is 3.61. The molecule has 0 radical (unpaired) electrons. The third kappa shape index (κ3) is 4.16. The lowest BCUT2D eigenvalue weighted by Gasteiger charge is -2.31. The lowest BCUT2D eigenvalue weighted by Crippen LogP contribution is -2.54. The molecule has 2 aliphatic rings. The maximum atomic E-state index is 14.1. The van der Waals surface area contributed by atoms with Crippen molar-refractivity contribution in [3.05, 3.63) is 24.0 Å². The van der Waals surface area contributed by atoms with Gasteiger partial charge in [0.2, 0.25) is 11.8 Å². The van der Waals surface area contributed by atoms with Crippen molar-refractivity contribution in [1.82, 2.24) is 20.5 Å². The molecule has 2 fully saturated rings. The second-order valence-corrected chi connectivity index (χ2v) is 8.51. The van der Waals surface area contributed by atoms with Gasteiger partial charge in [-0.15, -0.1) is 0 Å². The minimum atomic E-state index is -0.962. The standard InChI is InChI=1S/C19H23FN6O3S/c20-12-2-1-3-13-15(12)30-18(23-13)26-9-7-22-14(27)4-8-25(10-11-26)16(28)19(5-6-19)24-17(21)29/h1-3H,4-11H2,(H,22,27)(H3,21,24,29). The molecule has 1 aromatic heterocycles. The predicted molar refractivity (Wildman–Crippen MR) is 111 cm³/mol. The van der Waals surface area contributed by atoms with E-state index in [1.165, 1.54) is 17.4 Å². The number of halogens is 1. The molecule has 0 unspecified atom stereocenters. The van der Waals surface area contributed by atoms with E-state index in [4.69, 9.17) is 5.73 Å². The lowest BCUT2D eigenvalue weighted by molar-refractivity contribution is -0.134. The van der Waals surface area contributed by atoms with Crippen molar-refractivity contribution in [3.8, 4) is 0 Å². The Morgan fingerprint density at radius 2 is 2.03 bits per heavy atom. The number of aromatic nitrogens is 1. The van der Waals surface area contributed by atoms with E-state index in [2.05, 4.69) is 15.6 Å². The van der Waals surface area contributed by atoms with Gasteiger partial charge in [0.05, 0.1) is 10.2 Å². The van der Waals surface area contributed by atoms with Crippen molar-refractivity contribution in [2.45, 2.75) is 24.8 Å². The number of thiazole rings is 1. The zero-order valence-corrected chi connectivity index (χ0v) is 17.1. The number of nitrogens with one attached hydrogen (secondary N) is 2. The van der Waals surface area contributed by atoms with Crippen LogP contribution < -0.4 is 21.3 Å². The molecule has 0 spiro atoms. The van der Waals surface area contributed by atoms with Crippen LogP contribution in [0, 0.1) is 5.82 Å². The van der Waals surface area contributed by atoms with Gasteiger partial charge in [0.1, 0.15) is 11.4 Å². The molecule has 160 valence electrons. The van der Waals surface area contributed by atoms with Crippen molar-refractivity contribution in [3.63, 3.8) is 0 Å². The fraction of sp³-hybridized carbons (Fsp3) is 0.474. The second-order valence-electron chi connectivity index (χ2n) is 7.54. The molecule has 1 aromatic carbocycles. The van der Waals surface area contributed by atoms with Crippen molar-refractivity contribution >= 4 is 44.5 Å². The highest BCUT2D eigenvalue weighted by molar-refractivity contribution is 7.22. The third-order valence-electron chi connectivity index (χ3n) is 5.39. The summed E-state index contributed by atoms with van der Waals surface area (Å²) in [6.45, 7) is 1.98. The van der Waals surface area contributed by atoms with Crippen LogP contribution in [-0.4, -0.2) is 66.0 Å². The largest absolute Gasteiger partial charge is 0.354 e. The molecule has 30 heavy (non-hydrogen) atoms. The maximum Gasteiger partial charge on any atom is 0.313 e. The molecule has 4 rings (SSSR count). The van der Waals surface area contributed by atoms with Gasteiger partial charge in [0.25, 0.3) is 0 Å². The summed E-state index contributed by atoms with van der Waals surface area (Å²) in [7, 11) is 0. The van der Waals surface area contributed by atoms with Crippen molar-refractivity contribution in [1.29, 1.82) is 0 Å². The Hall–Kier alpha value is -2.95. The number of urea groups is 1. The molecule has 1 aliphatic carbocycles. The van der Waals surface area contributed by atoms with Crippen LogP contribution >= 0.6 is 11.3 Å². The van der Waals surface area contributed by atoms with Crippen LogP contribution in [0.3, 0.4) is 0 Å². The Balaban J connectivity index is 1.55. The average Bonchev–Trinajstić information content (AvgIpc) is 3.33. The molecule has 2 aromatic rings. The molecule has 11 heteroatoms. The normalized spacial score (nSPS) is 19.3. The van der Waals surface area contributed by atoms with Gasteiger partial charge in [-0.2, -0.15) is 0 Å². The molecular formula is C19H23FN6O3S. The summed E-state index contributed by atoms with van der Waals surface area (Å²) < 4.78 is 14.6. The first-order chi connectivity index (χ1) is 14.4. The molecule has 2 heterocycles. The number of nitrogens with zero attached hydrogens (tertiary/aromatic N) is 3. The minimum Gasteiger partial charge on any atom is -0.354 e. The number of benzene rings is 1. The third-order valence-corrected chi connectivity index (χ3v) is 6.53. The SMILES string of the molecule is NC(=O)NC1(C(=O)N2CCC(=O)NCCN(c3nc4cccc(F)c4s3)CC2)CC1. The van der Waals surface area contributed by atoms with Gasteiger partial charge in [-0.1, -0.05) is 17.4 Å². The van der Waals surface area contributed by atoms with Crippen LogP contribution in [0.4, 0.5) is 14.3 Å². The molecule has 4 amide bonds. The molecule has 9 nitrogen and oxygen atoms in total.